The van der Waals surface area contributed by atoms with Gasteiger partial charge in [0.25, 0.3) is 0 Å². The summed E-state index contributed by atoms with van der Waals surface area (Å²) in [5.74, 6) is -4.68. The maximum atomic E-state index is 10.6. The van der Waals surface area contributed by atoms with Crippen molar-refractivity contribution in [3.05, 3.63) is 46.9 Å². The minimum atomic E-state index is -5.08. The number of thiophene rings is 1. The molecule has 1 spiro atoms. The summed E-state index contributed by atoms with van der Waals surface area (Å²) in [6.45, 7) is 3.90. The highest BCUT2D eigenvalue weighted by Gasteiger charge is 2.44. The highest BCUT2D eigenvalue weighted by molar-refractivity contribution is 7.09. The fourth-order valence-corrected chi connectivity index (χ4v) is 4.47. The van der Waals surface area contributed by atoms with E-state index in [0.29, 0.717) is 6.61 Å². The van der Waals surface area contributed by atoms with Gasteiger partial charge in [-0.3, -0.25) is 9.88 Å². The third kappa shape index (κ3) is 10.5. The fourth-order valence-electron chi connectivity index (χ4n) is 3.72. The number of likely N-dealkylation sites (tertiary alicyclic amines) is 1. The van der Waals surface area contributed by atoms with Crippen LogP contribution in [0.2, 0.25) is 0 Å². The van der Waals surface area contributed by atoms with E-state index in [4.69, 9.17) is 29.3 Å². The molecule has 206 valence electrons. The molecule has 0 saturated carbocycles. The van der Waals surface area contributed by atoms with Gasteiger partial charge in [-0.1, -0.05) is 6.07 Å². The van der Waals surface area contributed by atoms with E-state index in [1.54, 1.807) is 12.4 Å². The van der Waals surface area contributed by atoms with Crippen molar-refractivity contribution in [2.75, 3.05) is 19.7 Å². The van der Waals surface area contributed by atoms with Gasteiger partial charge in [-0.05, 0) is 43.0 Å². The monoisotopic (exact) mass is 558 g/mol. The first-order valence-electron chi connectivity index (χ1n) is 10.8. The Hall–Kier alpha value is -2.91. The van der Waals surface area contributed by atoms with Crippen molar-refractivity contribution in [3.63, 3.8) is 0 Å². The molecule has 2 aromatic heterocycles. The highest BCUT2D eigenvalue weighted by atomic mass is 32.1. The van der Waals surface area contributed by atoms with Crippen LogP contribution in [0.4, 0.5) is 26.3 Å². The van der Waals surface area contributed by atoms with E-state index < -0.39 is 24.3 Å². The van der Waals surface area contributed by atoms with Crippen molar-refractivity contribution in [1.29, 1.82) is 0 Å². The molecule has 0 aliphatic carbocycles. The first-order valence-corrected chi connectivity index (χ1v) is 11.6. The van der Waals surface area contributed by atoms with Gasteiger partial charge in [-0.15, -0.1) is 11.3 Å². The summed E-state index contributed by atoms with van der Waals surface area (Å²) in [4.78, 5) is 25.9. The molecular formula is C22H24F6N2O6S. The number of halogens is 6. The number of carboxylic acids is 2. The summed E-state index contributed by atoms with van der Waals surface area (Å²) in [7, 11) is 0. The molecule has 2 N–H and O–H groups in total. The highest BCUT2D eigenvalue weighted by Crippen LogP contribution is 2.36. The maximum absolute atomic E-state index is 10.6. The standard InChI is InChI=1S/C18H22N2O2S.2C2HF3O2/c1-4-15(11-19-7-1)22-16-10-18(21-13-16)6-3-8-20(14-18)12-17-5-2-9-23-17;2*3-2(4,5)1(6)7/h1-2,4-5,7,9,11,16H,3,6,8,10,12-14H2;2*(H,6,7). The summed E-state index contributed by atoms with van der Waals surface area (Å²) >= 11 is 1.84. The number of aromatic nitrogens is 1. The number of aliphatic carboxylic acids is 2. The number of rotatable bonds is 4. The van der Waals surface area contributed by atoms with Crippen molar-refractivity contribution >= 4 is 23.3 Å². The van der Waals surface area contributed by atoms with E-state index in [9.17, 15) is 26.3 Å². The molecule has 0 bridgehead atoms. The topological polar surface area (TPSA) is 109 Å². The number of alkyl halides is 6. The van der Waals surface area contributed by atoms with Crippen LogP contribution in [0.15, 0.2) is 42.0 Å². The Balaban J connectivity index is 0.000000286. The van der Waals surface area contributed by atoms with E-state index >= 15 is 0 Å². The lowest BCUT2D eigenvalue weighted by molar-refractivity contribution is -0.193. The lowest BCUT2D eigenvalue weighted by atomic mass is 9.89. The Bertz CT molecular complexity index is 966. The molecule has 15 heteroatoms. The van der Waals surface area contributed by atoms with Crippen molar-refractivity contribution in [2.45, 2.75) is 49.9 Å². The predicted octanol–water partition coefficient (Wildman–Crippen LogP) is 4.61. The zero-order chi connectivity index (χ0) is 27.7. The lowest BCUT2D eigenvalue weighted by Crippen LogP contribution is -2.47. The zero-order valence-electron chi connectivity index (χ0n) is 19.2. The summed E-state index contributed by atoms with van der Waals surface area (Å²) in [5, 5.41) is 16.4. The van der Waals surface area contributed by atoms with Crippen LogP contribution in [0.25, 0.3) is 0 Å². The van der Waals surface area contributed by atoms with Gasteiger partial charge in [0.2, 0.25) is 0 Å². The number of carboxylic acid groups (broad SMARTS) is 2. The van der Waals surface area contributed by atoms with Crippen LogP contribution >= 0.6 is 11.3 Å². The summed E-state index contributed by atoms with van der Waals surface area (Å²) < 4.78 is 75.7. The number of piperidine rings is 1. The number of carbonyl (C=O) groups is 2. The van der Waals surface area contributed by atoms with Gasteiger partial charge >= 0.3 is 24.3 Å². The minimum absolute atomic E-state index is 0.0254. The van der Waals surface area contributed by atoms with E-state index in [1.165, 1.54) is 11.3 Å². The number of hydrogen-bond donors (Lipinski definition) is 2. The van der Waals surface area contributed by atoms with Crippen molar-refractivity contribution in [2.24, 2.45) is 0 Å². The molecule has 2 fully saturated rings. The largest absolute Gasteiger partial charge is 0.490 e. The van der Waals surface area contributed by atoms with Crippen LogP contribution in [0, 0.1) is 0 Å². The lowest BCUT2D eigenvalue weighted by Gasteiger charge is -2.39. The molecule has 2 atom stereocenters. The molecular weight excluding hydrogens is 534 g/mol. The molecule has 37 heavy (non-hydrogen) atoms. The first kappa shape index (κ1) is 30.3. The Morgan fingerprint density at radius 1 is 1.14 bits per heavy atom. The number of ether oxygens (including phenoxy) is 2. The third-order valence-corrected chi connectivity index (χ3v) is 6.04. The molecule has 0 radical (unpaired) electrons. The second-order valence-corrected chi connectivity index (χ2v) is 9.16. The Morgan fingerprint density at radius 3 is 2.30 bits per heavy atom. The van der Waals surface area contributed by atoms with E-state index in [1.807, 2.05) is 23.5 Å². The second-order valence-electron chi connectivity index (χ2n) is 8.13. The maximum Gasteiger partial charge on any atom is 0.490 e. The van der Waals surface area contributed by atoms with Gasteiger partial charge in [-0.2, -0.15) is 26.3 Å². The van der Waals surface area contributed by atoms with E-state index in [0.717, 1.165) is 38.2 Å². The average molecular weight is 558 g/mol. The van der Waals surface area contributed by atoms with Crippen LogP contribution in [-0.2, 0) is 20.9 Å². The Morgan fingerprint density at radius 2 is 1.78 bits per heavy atom. The molecule has 2 aromatic rings. The molecule has 0 amide bonds. The minimum Gasteiger partial charge on any atom is -0.486 e. The fraction of sp³-hybridized carbons (Fsp3) is 0.500. The molecule has 2 aliphatic rings. The van der Waals surface area contributed by atoms with Crippen LogP contribution in [-0.4, -0.2) is 75.8 Å². The smallest absolute Gasteiger partial charge is 0.486 e. The normalized spacial score (nSPS) is 21.8. The number of pyridine rings is 1. The van der Waals surface area contributed by atoms with Crippen molar-refractivity contribution in [3.8, 4) is 5.75 Å². The predicted molar refractivity (Wildman–Crippen MR) is 118 cm³/mol. The molecule has 2 unspecified atom stereocenters. The number of hydrogen-bond acceptors (Lipinski definition) is 7. The van der Waals surface area contributed by atoms with Crippen LogP contribution in [0.3, 0.4) is 0 Å². The van der Waals surface area contributed by atoms with Gasteiger partial charge < -0.3 is 19.7 Å². The third-order valence-electron chi connectivity index (χ3n) is 5.18. The van der Waals surface area contributed by atoms with E-state index in [2.05, 4.69) is 27.4 Å². The SMILES string of the molecule is O=C(O)C(F)(F)F.O=C(O)C(F)(F)F.c1cncc(OC2COC3(CCCN(Cc4cccs4)C3)C2)c1. The van der Waals surface area contributed by atoms with E-state index in [-0.39, 0.29) is 11.7 Å². The van der Waals surface area contributed by atoms with Gasteiger partial charge in [0, 0.05) is 30.6 Å². The van der Waals surface area contributed by atoms with Gasteiger partial charge in [0.05, 0.1) is 18.4 Å². The molecule has 4 heterocycles. The van der Waals surface area contributed by atoms with Crippen LogP contribution < -0.4 is 4.74 Å². The quantitative estimate of drug-likeness (QED) is 0.524. The Kier molecular flexibility index (Phi) is 10.7. The summed E-state index contributed by atoms with van der Waals surface area (Å²) in [6.07, 6.45) is -3.17. The molecule has 4 rings (SSSR count). The molecule has 8 nitrogen and oxygen atoms in total. The van der Waals surface area contributed by atoms with Crippen molar-refractivity contribution < 1.29 is 55.6 Å². The second kappa shape index (κ2) is 13.1. The summed E-state index contributed by atoms with van der Waals surface area (Å²) in [6, 6.07) is 8.21. The van der Waals surface area contributed by atoms with Gasteiger partial charge in [0.1, 0.15) is 11.9 Å². The van der Waals surface area contributed by atoms with Gasteiger partial charge in [-0.25, -0.2) is 9.59 Å². The zero-order valence-corrected chi connectivity index (χ0v) is 20.0. The Labute approximate surface area is 211 Å². The molecule has 0 aromatic carbocycles. The van der Waals surface area contributed by atoms with Gasteiger partial charge in [0.15, 0.2) is 0 Å². The molecule has 2 aliphatic heterocycles. The van der Waals surface area contributed by atoms with Crippen LogP contribution in [0.5, 0.6) is 5.75 Å². The summed E-state index contributed by atoms with van der Waals surface area (Å²) in [5.41, 5.74) is -0.0254. The van der Waals surface area contributed by atoms with Crippen LogP contribution in [0.1, 0.15) is 24.1 Å². The number of nitrogens with zero attached hydrogens (tertiary/aromatic N) is 2. The molecule has 2 saturated heterocycles. The van der Waals surface area contributed by atoms with Crippen molar-refractivity contribution in [1.82, 2.24) is 9.88 Å². The average Bonchev–Trinajstić information content (AvgIpc) is 3.44. The first-order chi connectivity index (χ1) is 17.2.